The Morgan fingerprint density at radius 3 is 2.57 bits per heavy atom. The number of carbonyl (C=O) groups excluding carboxylic acids is 2. The molecule has 2 aromatic rings. The molecule has 1 N–H and O–H groups in total. The van der Waals surface area contributed by atoms with E-state index in [-0.39, 0.29) is 11.4 Å². The van der Waals surface area contributed by atoms with Crippen LogP contribution < -0.4 is 14.8 Å². The number of hydrogen-bond acceptors (Lipinski definition) is 4. The summed E-state index contributed by atoms with van der Waals surface area (Å²) in [7, 11) is 1.42. The van der Waals surface area contributed by atoms with Crippen molar-refractivity contribution in [1.82, 2.24) is 0 Å². The molecule has 0 saturated heterocycles. The Kier molecular flexibility index (Phi) is 5.24. The van der Waals surface area contributed by atoms with Gasteiger partial charge in [0.1, 0.15) is 6.29 Å². The highest BCUT2D eigenvalue weighted by Gasteiger charge is 2.10. The highest BCUT2D eigenvalue weighted by molar-refractivity contribution is 5.91. The van der Waals surface area contributed by atoms with Gasteiger partial charge in [-0.25, -0.2) is 8.78 Å². The predicted octanol–water partition coefficient (Wildman–Crippen LogP) is 2.80. The lowest BCUT2D eigenvalue weighted by atomic mass is 10.2. The Balaban J connectivity index is 2.01. The third-order valence-electron chi connectivity index (χ3n) is 2.89. The van der Waals surface area contributed by atoms with Gasteiger partial charge in [0.05, 0.1) is 7.11 Å². The summed E-state index contributed by atoms with van der Waals surface area (Å²) in [6.45, 7) is -0.391. The quantitative estimate of drug-likeness (QED) is 0.831. The molecule has 0 aromatic heterocycles. The normalized spacial score (nSPS) is 10.0. The minimum Gasteiger partial charge on any atom is -0.493 e. The second-order valence-electron chi connectivity index (χ2n) is 4.49. The van der Waals surface area contributed by atoms with Crippen molar-refractivity contribution >= 4 is 17.9 Å². The van der Waals surface area contributed by atoms with Gasteiger partial charge >= 0.3 is 0 Å². The smallest absolute Gasteiger partial charge is 0.262 e. The van der Waals surface area contributed by atoms with Gasteiger partial charge in [-0.1, -0.05) is 0 Å². The molecule has 0 atom stereocenters. The van der Waals surface area contributed by atoms with E-state index in [0.717, 1.165) is 12.1 Å². The molecule has 120 valence electrons. The molecule has 5 nitrogen and oxygen atoms in total. The van der Waals surface area contributed by atoms with Gasteiger partial charge in [0, 0.05) is 17.3 Å². The Hall–Kier alpha value is -2.96. The number of nitrogens with one attached hydrogen (secondary N) is 1. The molecule has 0 aliphatic carbocycles. The molecule has 0 aliphatic rings. The van der Waals surface area contributed by atoms with Crippen LogP contribution in [0, 0.1) is 11.6 Å². The van der Waals surface area contributed by atoms with E-state index in [1.807, 2.05) is 0 Å². The second-order valence-corrected chi connectivity index (χ2v) is 4.49. The number of rotatable bonds is 6. The molecule has 2 rings (SSSR count). The van der Waals surface area contributed by atoms with Crippen molar-refractivity contribution < 1.29 is 27.8 Å². The van der Waals surface area contributed by atoms with E-state index >= 15 is 0 Å². The van der Waals surface area contributed by atoms with Crippen LogP contribution in [-0.2, 0) is 4.79 Å². The summed E-state index contributed by atoms with van der Waals surface area (Å²) in [5.74, 6) is -2.07. The van der Waals surface area contributed by atoms with Gasteiger partial charge < -0.3 is 14.8 Å². The van der Waals surface area contributed by atoms with Crippen molar-refractivity contribution in [1.29, 1.82) is 0 Å². The van der Waals surface area contributed by atoms with Crippen molar-refractivity contribution in [3.05, 3.63) is 53.6 Å². The molecule has 0 radical (unpaired) electrons. The molecule has 0 bridgehead atoms. The van der Waals surface area contributed by atoms with Crippen LogP contribution in [0.1, 0.15) is 10.4 Å². The number of carbonyl (C=O) groups is 2. The number of anilines is 1. The minimum atomic E-state index is -1.07. The third-order valence-corrected chi connectivity index (χ3v) is 2.89. The van der Waals surface area contributed by atoms with Gasteiger partial charge in [-0.05, 0) is 30.3 Å². The third kappa shape index (κ3) is 4.26. The van der Waals surface area contributed by atoms with E-state index in [2.05, 4.69) is 5.32 Å². The van der Waals surface area contributed by atoms with Crippen LogP contribution in [0.25, 0.3) is 0 Å². The van der Waals surface area contributed by atoms with Gasteiger partial charge in [-0.15, -0.1) is 0 Å². The second kappa shape index (κ2) is 7.35. The Morgan fingerprint density at radius 1 is 1.13 bits per heavy atom. The molecule has 0 heterocycles. The highest BCUT2D eigenvalue weighted by Crippen LogP contribution is 2.27. The summed E-state index contributed by atoms with van der Waals surface area (Å²) in [5, 5.41) is 2.37. The van der Waals surface area contributed by atoms with Crippen LogP contribution in [0.5, 0.6) is 11.5 Å². The van der Waals surface area contributed by atoms with E-state index in [0.29, 0.717) is 17.6 Å². The lowest BCUT2D eigenvalue weighted by Gasteiger charge is -2.11. The molecule has 0 spiro atoms. The monoisotopic (exact) mass is 321 g/mol. The zero-order valence-corrected chi connectivity index (χ0v) is 12.1. The van der Waals surface area contributed by atoms with E-state index in [1.165, 1.54) is 25.3 Å². The Labute approximate surface area is 130 Å². The van der Waals surface area contributed by atoms with Crippen molar-refractivity contribution in [2.24, 2.45) is 0 Å². The first kappa shape index (κ1) is 16.4. The predicted molar refractivity (Wildman–Crippen MR) is 78.9 cm³/mol. The molecule has 23 heavy (non-hydrogen) atoms. The maximum Gasteiger partial charge on any atom is 0.262 e. The van der Waals surface area contributed by atoms with E-state index in [4.69, 9.17) is 9.47 Å². The topological polar surface area (TPSA) is 64.6 Å². The first-order chi connectivity index (χ1) is 11.0. The van der Waals surface area contributed by atoms with Crippen LogP contribution in [0.3, 0.4) is 0 Å². The fourth-order valence-electron chi connectivity index (χ4n) is 1.79. The number of benzene rings is 2. The molecule has 0 unspecified atom stereocenters. The van der Waals surface area contributed by atoms with Crippen LogP contribution in [0.4, 0.5) is 14.5 Å². The van der Waals surface area contributed by atoms with Crippen LogP contribution in [-0.4, -0.2) is 25.9 Å². The standard InChI is InChI=1S/C16H13F2NO4/c1-22-14-5-2-10(8-20)6-15(14)23-9-16(21)19-11-3-4-12(17)13(18)7-11/h2-8H,9H2,1H3,(H,19,21). The van der Waals surface area contributed by atoms with E-state index < -0.39 is 24.1 Å². The molecule has 2 aromatic carbocycles. The first-order valence-corrected chi connectivity index (χ1v) is 6.54. The fourth-order valence-corrected chi connectivity index (χ4v) is 1.79. The Bertz CT molecular complexity index is 734. The van der Waals surface area contributed by atoms with Crippen LogP contribution in [0.15, 0.2) is 36.4 Å². The average Bonchev–Trinajstić information content (AvgIpc) is 2.56. The lowest BCUT2D eigenvalue weighted by Crippen LogP contribution is -2.20. The van der Waals surface area contributed by atoms with Crippen LogP contribution >= 0.6 is 0 Å². The first-order valence-electron chi connectivity index (χ1n) is 6.54. The zero-order chi connectivity index (χ0) is 16.8. The zero-order valence-electron chi connectivity index (χ0n) is 12.1. The molecule has 0 fully saturated rings. The van der Waals surface area contributed by atoms with E-state index in [9.17, 15) is 18.4 Å². The van der Waals surface area contributed by atoms with Crippen molar-refractivity contribution in [2.75, 3.05) is 19.0 Å². The number of aldehydes is 1. The highest BCUT2D eigenvalue weighted by atomic mass is 19.2. The lowest BCUT2D eigenvalue weighted by molar-refractivity contribution is -0.118. The SMILES string of the molecule is COc1ccc(C=O)cc1OCC(=O)Nc1ccc(F)c(F)c1. The van der Waals surface area contributed by atoms with Crippen molar-refractivity contribution in [3.63, 3.8) is 0 Å². The molecular formula is C16H13F2NO4. The summed E-state index contributed by atoms with van der Waals surface area (Å²) in [6, 6.07) is 7.50. The number of hydrogen-bond donors (Lipinski definition) is 1. The van der Waals surface area contributed by atoms with Gasteiger partial charge in [-0.2, -0.15) is 0 Å². The molecule has 0 saturated carbocycles. The van der Waals surface area contributed by atoms with Gasteiger partial charge in [-0.3, -0.25) is 9.59 Å². The van der Waals surface area contributed by atoms with Gasteiger partial charge in [0.15, 0.2) is 29.7 Å². The molecule has 7 heteroatoms. The maximum atomic E-state index is 13.1. The summed E-state index contributed by atoms with van der Waals surface area (Å²) >= 11 is 0. The number of ether oxygens (including phenoxy) is 2. The van der Waals surface area contributed by atoms with E-state index in [1.54, 1.807) is 6.07 Å². The summed E-state index contributed by atoms with van der Waals surface area (Å²) in [4.78, 5) is 22.5. The average molecular weight is 321 g/mol. The summed E-state index contributed by atoms with van der Waals surface area (Å²) in [5.41, 5.74) is 0.466. The summed E-state index contributed by atoms with van der Waals surface area (Å²) in [6.07, 6.45) is 0.633. The van der Waals surface area contributed by atoms with Gasteiger partial charge in [0.2, 0.25) is 0 Å². The van der Waals surface area contributed by atoms with Crippen LogP contribution in [0.2, 0.25) is 0 Å². The van der Waals surface area contributed by atoms with Crippen molar-refractivity contribution in [2.45, 2.75) is 0 Å². The van der Waals surface area contributed by atoms with Gasteiger partial charge in [0.25, 0.3) is 5.91 Å². The fraction of sp³-hybridized carbons (Fsp3) is 0.125. The summed E-state index contributed by atoms with van der Waals surface area (Å²) < 4.78 is 36.2. The minimum absolute atomic E-state index is 0.103. The largest absolute Gasteiger partial charge is 0.493 e. The Morgan fingerprint density at radius 2 is 1.91 bits per heavy atom. The number of halogens is 2. The molecule has 0 aliphatic heterocycles. The number of methoxy groups -OCH3 is 1. The van der Waals surface area contributed by atoms with Crippen molar-refractivity contribution in [3.8, 4) is 11.5 Å². The molecule has 1 amide bonds. The molecular weight excluding hydrogens is 308 g/mol. The maximum absolute atomic E-state index is 13.1. The number of amides is 1.